The summed E-state index contributed by atoms with van der Waals surface area (Å²) in [6.45, 7) is 1.97. The standard InChI is InChI=1S/C18H18O4/c1-13(18(19)20)10-15-8-9-16(21-2)17(11-15)22-12-14-6-4-3-5-7-14/h3-11H,12H2,1-2H3,(H,19,20). The van der Waals surface area contributed by atoms with Gasteiger partial charge in [0.15, 0.2) is 11.5 Å². The summed E-state index contributed by atoms with van der Waals surface area (Å²) in [4.78, 5) is 10.9. The van der Waals surface area contributed by atoms with E-state index in [1.807, 2.05) is 30.3 Å². The van der Waals surface area contributed by atoms with Crippen molar-refractivity contribution in [3.05, 3.63) is 65.2 Å². The Morgan fingerprint density at radius 1 is 1.14 bits per heavy atom. The van der Waals surface area contributed by atoms with Gasteiger partial charge >= 0.3 is 5.97 Å². The van der Waals surface area contributed by atoms with Crippen LogP contribution in [0.25, 0.3) is 6.08 Å². The SMILES string of the molecule is COc1ccc(C=C(C)C(=O)O)cc1OCc1ccccc1. The highest BCUT2D eigenvalue weighted by Gasteiger charge is 2.07. The van der Waals surface area contributed by atoms with Crippen molar-refractivity contribution in [1.29, 1.82) is 0 Å². The van der Waals surface area contributed by atoms with E-state index >= 15 is 0 Å². The summed E-state index contributed by atoms with van der Waals surface area (Å²) in [6, 6.07) is 15.1. The maximum absolute atomic E-state index is 10.9. The molecule has 0 heterocycles. The first kappa shape index (κ1) is 15.6. The Kier molecular flexibility index (Phi) is 5.20. The third kappa shape index (κ3) is 4.12. The lowest BCUT2D eigenvalue weighted by molar-refractivity contribution is -0.132. The summed E-state index contributed by atoms with van der Waals surface area (Å²) in [5.41, 5.74) is 2.06. The van der Waals surface area contributed by atoms with E-state index in [1.54, 1.807) is 38.3 Å². The van der Waals surface area contributed by atoms with Gasteiger partial charge in [-0.15, -0.1) is 0 Å². The van der Waals surface area contributed by atoms with E-state index in [4.69, 9.17) is 14.6 Å². The molecular weight excluding hydrogens is 280 g/mol. The molecule has 4 heteroatoms. The molecule has 0 aliphatic heterocycles. The number of methoxy groups -OCH3 is 1. The molecule has 2 aromatic rings. The molecule has 22 heavy (non-hydrogen) atoms. The summed E-state index contributed by atoms with van der Waals surface area (Å²) in [5.74, 6) is 0.252. The van der Waals surface area contributed by atoms with E-state index in [9.17, 15) is 4.79 Å². The predicted octanol–water partition coefficient (Wildman–Crippen LogP) is 3.76. The van der Waals surface area contributed by atoms with E-state index in [-0.39, 0.29) is 5.57 Å². The van der Waals surface area contributed by atoms with Crippen molar-refractivity contribution in [1.82, 2.24) is 0 Å². The van der Waals surface area contributed by atoms with Crippen LogP contribution in [0.15, 0.2) is 54.1 Å². The average Bonchev–Trinajstić information content (AvgIpc) is 2.54. The number of rotatable bonds is 6. The third-order valence-corrected chi connectivity index (χ3v) is 3.15. The summed E-state index contributed by atoms with van der Waals surface area (Å²) >= 11 is 0. The lowest BCUT2D eigenvalue weighted by Gasteiger charge is -2.11. The van der Waals surface area contributed by atoms with Gasteiger partial charge in [-0.05, 0) is 36.3 Å². The molecule has 0 unspecified atom stereocenters. The van der Waals surface area contributed by atoms with E-state index < -0.39 is 5.97 Å². The molecule has 0 aliphatic rings. The van der Waals surface area contributed by atoms with E-state index in [1.165, 1.54) is 0 Å². The van der Waals surface area contributed by atoms with Crippen LogP contribution >= 0.6 is 0 Å². The van der Waals surface area contributed by atoms with Crippen LogP contribution in [0.4, 0.5) is 0 Å². The molecule has 0 bridgehead atoms. The molecule has 2 rings (SSSR count). The number of hydrogen-bond acceptors (Lipinski definition) is 3. The first-order chi connectivity index (χ1) is 10.6. The van der Waals surface area contributed by atoms with Crippen molar-refractivity contribution < 1.29 is 19.4 Å². The second-order valence-corrected chi connectivity index (χ2v) is 4.82. The summed E-state index contributed by atoms with van der Waals surface area (Å²) in [5, 5.41) is 8.94. The van der Waals surface area contributed by atoms with Gasteiger partial charge in [0, 0.05) is 5.57 Å². The van der Waals surface area contributed by atoms with Crippen LogP contribution in [-0.2, 0) is 11.4 Å². The lowest BCUT2D eigenvalue weighted by Crippen LogP contribution is -1.98. The minimum atomic E-state index is -0.942. The van der Waals surface area contributed by atoms with Crippen molar-refractivity contribution in [2.75, 3.05) is 7.11 Å². The van der Waals surface area contributed by atoms with Crippen LogP contribution in [-0.4, -0.2) is 18.2 Å². The average molecular weight is 298 g/mol. The Morgan fingerprint density at radius 3 is 2.50 bits per heavy atom. The van der Waals surface area contributed by atoms with Crippen molar-refractivity contribution in [2.45, 2.75) is 13.5 Å². The van der Waals surface area contributed by atoms with Gasteiger partial charge in [-0.25, -0.2) is 4.79 Å². The van der Waals surface area contributed by atoms with Crippen molar-refractivity contribution >= 4 is 12.0 Å². The number of benzene rings is 2. The Bertz CT molecular complexity index is 675. The van der Waals surface area contributed by atoms with E-state index in [0.29, 0.717) is 18.1 Å². The molecule has 0 radical (unpaired) electrons. The lowest BCUT2D eigenvalue weighted by atomic mass is 10.1. The Morgan fingerprint density at radius 2 is 1.86 bits per heavy atom. The second-order valence-electron chi connectivity index (χ2n) is 4.82. The fraction of sp³-hybridized carbons (Fsp3) is 0.167. The number of carboxylic acids is 1. The molecule has 2 aromatic carbocycles. The van der Waals surface area contributed by atoms with Crippen LogP contribution in [0.2, 0.25) is 0 Å². The van der Waals surface area contributed by atoms with Crippen LogP contribution in [0.5, 0.6) is 11.5 Å². The van der Waals surface area contributed by atoms with Gasteiger partial charge in [0.2, 0.25) is 0 Å². The molecule has 0 amide bonds. The van der Waals surface area contributed by atoms with Crippen molar-refractivity contribution in [3.8, 4) is 11.5 Å². The highest BCUT2D eigenvalue weighted by Crippen LogP contribution is 2.29. The van der Waals surface area contributed by atoms with Crippen LogP contribution in [0.3, 0.4) is 0 Å². The summed E-state index contributed by atoms with van der Waals surface area (Å²) < 4.78 is 11.1. The number of ether oxygens (including phenoxy) is 2. The maximum Gasteiger partial charge on any atom is 0.331 e. The largest absolute Gasteiger partial charge is 0.493 e. The van der Waals surface area contributed by atoms with Crippen LogP contribution in [0.1, 0.15) is 18.1 Å². The molecule has 0 saturated heterocycles. The first-order valence-corrected chi connectivity index (χ1v) is 6.86. The molecular formula is C18H18O4. The number of carbonyl (C=O) groups is 1. The topological polar surface area (TPSA) is 55.8 Å². The Labute approximate surface area is 129 Å². The highest BCUT2D eigenvalue weighted by atomic mass is 16.5. The van der Waals surface area contributed by atoms with Crippen molar-refractivity contribution in [2.24, 2.45) is 0 Å². The van der Waals surface area contributed by atoms with Gasteiger partial charge in [0.05, 0.1) is 7.11 Å². The zero-order valence-electron chi connectivity index (χ0n) is 12.6. The molecule has 0 atom stereocenters. The fourth-order valence-corrected chi connectivity index (χ4v) is 1.94. The van der Waals surface area contributed by atoms with Gasteiger partial charge in [-0.3, -0.25) is 0 Å². The first-order valence-electron chi connectivity index (χ1n) is 6.86. The quantitative estimate of drug-likeness (QED) is 0.825. The zero-order valence-corrected chi connectivity index (χ0v) is 12.6. The summed E-state index contributed by atoms with van der Waals surface area (Å²) in [6.07, 6.45) is 1.59. The molecule has 0 spiro atoms. The van der Waals surface area contributed by atoms with Gasteiger partial charge < -0.3 is 14.6 Å². The highest BCUT2D eigenvalue weighted by molar-refractivity contribution is 5.91. The minimum Gasteiger partial charge on any atom is -0.493 e. The fourth-order valence-electron chi connectivity index (χ4n) is 1.94. The molecule has 0 saturated carbocycles. The van der Waals surface area contributed by atoms with Gasteiger partial charge in [0.1, 0.15) is 6.61 Å². The molecule has 1 N–H and O–H groups in total. The molecule has 0 fully saturated rings. The van der Waals surface area contributed by atoms with E-state index in [2.05, 4.69) is 0 Å². The maximum atomic E-state index is 10.9. The van der Waals surface area contributed by atoms with E-state index in [0.717, 1.165) is 11.1 Å². The van der Waals surface area contributed by atoms with Gasteiger partial charge in [-0.1, -0.05) is 36.4 Å². The zero-order chi connectivity index (χ0) is 15.9. The van der Waals surface area contributed by atoms with Crippen LogP contribution in [0, 0.1) is 0 Å². The van der Waals surface area contributed by atoms with Gasteiger partial charge in [0.25, 0.3) is 0 Å². The minimum absolute atomic E-state index is 0.263. The smallest absolute Gasteiger partial charge is 0.331 e. The monoisotopic (exact) mass is 298 g/mol. The predicted molar refractivity (Wildman–Crippen MR) is 85.1 cm³/mol. The molecule has 0 aromatic heterocycles. The van der Waals surface area contributed by atoms with Crippen molar-refractivity contribution in [3.63, 3.8) is 0 Å². The normalized spacial score (nSPS) is 11.1. The van der Waals surface area contributed by atoms with Crippen LogP contribution < -0.4 is 9.47 Å². The Balaban J connectivity index is 2.21. The molecule has 114 valence electrons. The summed E-state index contributed by atoms with van der Waals surface area (Å²) in [7, 11) is 1.57. The third-order valence-electron chi connectivity index (χ3n) is 3.15. The second kappa shape index (κ2) is 7.31. The number of hydrogen-bond donors (Lipinski definition) is 1. The number of carboxylic acid groups (broad SMARTS) is 1. The van der Waals surface area contributed by atoms with Gasteiger partial charge in [-0.2, -0.15) is 0 Å². The molecule has 4 nitrogen and oxygen atoms in total. The number of aliphatic carboxylic acids is 1. The molecule has 0 aliphatic carbocycles. The Hall–Kier alpha value is -2.75.